The van der Waals surface area contributed by atoms with E-state index in [1.54, 1.807) is 12.1 Å². The van der Waals surface area contributed by atoms with Gasteiger partial charge in [-0.05, 0) is 42.8 Å². The van der Waals surface area contributed by atoms with Gasteiger partial charge in [0.1, 0.15) is 5.76 Å². The van der Waals surface area contributed by atoms with E-state index in [9.17, 15) is 22.8 Å². The molecular formula is C17H14F3NO4. The zero-order valence-corrected chi connectivity index (χ0v) is 12.9. The molecule has 1 N–H and O–H groups in total. The number of esters is 1. The Hall–Kier alpha value is -2.77. The largest absolute Gasteiger partial charge is 0.469 e. The van der Waals surface area contributed by atoms with E-state index in [2.05, 4.69) is 5.32 Å². The van der Waals surface area contributed by atoms with Crippen LogP contribution in [0, 0.1) is 5.92 Å². The Morgan fingerprint density at radius 3 is 2.52 bits per heavy atom. The number of benzene rings is 1. The maximum absolute atomic E-state index is 12.5. The number of hydrogen-bond acceptors (Lipinski definition) is 4. The van der Waals surface area contributed by atoms with Crippen LogP contribution in [0.3, 0.4) is 0 Å². The van der Waals surface area contributed by atoms with Crippen LogP contribution in [0.15, 0.2) is 47.1 Å². The van der Waals surface area contributed by atoms with Gasteiger partial charge in [0.2, 0.25) is 0 Å². The molecule has 2 atom stereocenters. The third-order valence-corrected chi connectivity index (χ3v) is 3.84. The Balaban J connectivity index is 1.45. The van der Waals surface area contributed by atoms with Gasteiger partial charge >= 0.3 is 12.1 Å². The molecule has 1 aliphatic carbocycles. The Labute approximate surface area is 140 Å². The summed E-state index contributed by atoms with van der Waals surface area (Å²) >= 11 is 0. The smallest absolute Gasteiger partial charge is 0.416 e. The minimum Gasteiger partial charge on any atom is -0.469 e. The third kappa shape index (κ3) is 4.20. The highest BCUT2D eigenvalue weighted by molar-refractivity contribution is 5.93. The molecule has 1 fully saturated rings. The second-order valence-electron chi connectivity index (χ2n) is 5.70. The van der Waals surface area contributed by atoms with Crippen molar-refractivity contribution in [3.63, 3.8) is 0 Å². The highest BCUT2D eigenvalue weighted by Crippen LogP contribution is 2.48. The van der Waals surface area contributed by atoms with Gasteiger partial charge in [0.05, 0.1) is 17.7 Å². The molecule has 2 aromatic rings. The summed E-state index contributed by atoms with van der Waals surface area (Å²) in [5.41, 5.74) is -0.622. The quantitative estimate of drug-likeness (QED) is 0.834. The highest BCUT2D eigenvalue weighted by Gasteiger charge is 2.47. The van der Waals surface area contributed by atoms with Crippen LogP contribution < -0.4 is 5.32 Å². The van der Waals surface area contributed by atoms with Crippen molar-refractivity contribution in [3.05, 3.63) is 54.0 Å². The lowest BCUT2D eigenvalue weighted by Gasteiger charge is -2.09. The van der Waals surface area contributed by atoms with Crippen molar-refractivity contribution in [2.45, 2.75) is 18.5 Å². The molecule has 1 amide bonds. The van der Waals surface area contributed by atoms with E-state index in [1.165, 1.54) is 6.26 Å². The first-order chi connectivity index (χ1) is 11.8. The predicted molar refractivity (Wildman–Crippen MR) is 80.6 cm³/mol. The summed E-state index contributed by atoms with van der Waals surface area (Å²) in [4.78, 5) is 23.6. The van der Waals surface area contributed by atoms with Crippen LogP contribution in [0.4, 0.5) is 18.9 Å². The second kappa shape index (κ2) is 6.62. The molecule has 0 aliphatic heterocycles. The number of nitrogens with one attached hydrogen (secondary N) is 1. The molecule has 25 heavy (non-hydrogen) atoms. The van der Waals surface area contributed by atoms with Crippen LogP contribution in [0.2, 0.25) is 0 Å². The fourth-order valence-corrected chi connectivity index (χ4v) is 2.46. The first-order valence-electron chi connectivity index (χ1n) is 7.52. The number of halogens is 3. The van der Waals surface area contributed by atoms with E-state index < -0.39 is 30.2 Å². The van der Waals surface area contributed by atoms with Crippen molar-refractivity contribution >= 4 is 17.6 Å². The molecule has 1 heterocycles. The Kier molecular flexibility index (Phi) is 4.52. The molecule has 0 radical (unpaired) electrons. The van der Waals surface area contributed by atoms with Crippen molar-refractivity contribution in [2.24, 2.45) is 5.92 Å². The lowest BCUT2D eigenvalue weighted by atomic mass is 10.2. The molecule has 8 heteroatoms. The van der Waals surface area contributed by atoms with Crippen LogP contribution >= 0.6 is 0 Å². The van der Waals surface area contributed by atoms with Crippen molar-refractivity contribution in [3.8, 4) is 0 Å². The number of furan rings is 1. The number of rotatable bonds is 5. The van der Waals surface area contributed by atoms with Crippen molar-refractivity contribution in [1.82, 2.24) is 0 Å². The molecule has 132 valence electrons. The van der Waals surface area contributed by atoms with Crippen LogP contribution in [-0.4, -0.2) is 18.5 Å². The maximum Gasteiger partial charge on any atom is 0.416 e. The summed E-state index contributed by atoms with van der Waals surface area (Å²) < 4.78 is 47.5. The lowest BCUT2D eigenvalue weighted by Crippen LogP contribution is -2.21. The first kappa shape index (κ1) is 17.1. The van der Waals surface area contributed by atoms with Crippen molar-refractivity contribution in [1.29, 1.82) is 0 Å². The number of ether oxygens (including phenoxy) is 1. The fourth-order valence-electron chi connectivity index (χ4n) is 2.46. The number of amides is 1. The Bertz CT molecular complexity index is 753. The summed E-state index contributed by atoms with van der Waals surface area (Å²) in [5.74, 6) is -0.770. The molecule has 1 aromatic heterocycles. The molecular weight excluding hydrogens is 339 g/mol. The average molecular weight is 353 g/mol. The minimum atomic E-state index is -4.44. The third-order valence-electron chi connectivity index (χ3n) is 3.84. The summed E-state index contributed by atoms with van der Waals surface area (Å²) in [6.07, 6.45) is -2.31. The predicted octanol–water partition coefficient (Wildman–Crippen LogP) is 3.58. The molecule has 1 aliphatic rings. The van der Waals surface area contributed by atoms with E-state index >= 15 is 0 Å². The van der Waals surface area contributed by atoms with E-state index in [0.717, 1.165) is 24.3 Å². The Morgan fingerprint density at radius 2 is 1.92 bits per heavy atom. The van der Waals surface area contributed by atoms with E-state index in [4.69, 9.17) is 9.15 Å². The number of carbonyl (C=O) groups is 2. The summed E-state index contributed by atoms with van der Waals surface area (Å²) in [6.45, 7) is -0.499. The molecule has 0 unspecified atom stereocenters. The van der Waals surface area contributed by atoms with Crippen LogP contribution in [-0.2, 0) is 20.5 Å². The lowest BCUT2D eigenvalue weighted by molar-refractivity contribution is -0.148. The normalized spacial score (nSPS) is 19.3. The minimum absolute atomic E-state index is 0.0273. The van der Waals surface area contributed by atoms with Gasteiger partial charge in [-0.3, -0.25) is 9.59 Å². The molecule has 3 rings (SSSR count). The fraction of sp³-hybridized carbons (Fsp3) is 0.294. The summed E-state index contributed by atoms with van der Waals surface area (Å²) in [7, 11) is 0. The van der Waals surface area contributed by atoms with Crippen LogP contribution in [0.5, 0.6) is 0 Å². The number of hydrogen-bond donors (Lipinski definition) is 1. The van der Waals surface area contributed by atoms with Gasteiger partial charge in [-0.25, -0.2) is 0 Å². The molecule has 0 spiro atoms. The monoisotopic (exact) mass is 353 g/mol. The molecule has 1 aromatic carbocycles. The van der Waals surface area contributed by atoms with Crippen LogP contribution in [0.1, 0.15) is 23.7 Å². The first-order valence-corrected chi connectivity index (χ1v) is 7.52. The molecule has 5 nitrogen and oxygen atoms in total. The number of alkyl halides is 3. The maximum atomic E-state index is 12.5. The van der Waals surface area contributed by atoms with E-state index in [0.29, 0.717) is 12.2 Å². The SMILES string of the molecule is O=C(COC(=O)[C@H]1C[C@@H]1c1ccco1)Nc1ccc(C(F)(F)F)cc1. The van der Waals surface area contributed by atoms with Gasteiger partial charge in [-0.15, -0.1) is 0 Å². The standard InChI is InChI=1S/C17H14F3NO4/c18-17(19,20)10-3-5-11(6-4-10)21-15(22)9-25-16(23)13-8-12(13)14-2-1-7-24-14/h1-7,12-13H,8-9H2,(H,21,22)/t12-,13-/m0/s1. The second-order valence-corrected chi connectivity index (χ2v) is 5.70. The van der Waals surface area contributed by atoms with Crippen molar-refractivity contribution < 1.29 is 31.9 Å². The average Bonchev–Trinajstić information content (AvgIpc) is 3.18. The Morgan fingerprint density at radius 1 is 1.20 bits per heavy atom. The van der Waals surface area contributed by atoms with Crippen molar-refractivity contribution in [2.75, 3.05) is 11.9 Å². The van der Waals surface area contributed by atoms with E-state index in [1.807, 2.05) is 0 Å². The van der Waals surface area contributed by atoms with Gasteiger partial charge in [-0.1, -0.05) is 0 Å². The molecule has 1 saturated carbocycles. The van der Waals surface area contributed by atoms with Gasteiger partial charge in [0, 0.05) is 11.6 Å². The number of anilines is 1. The van der Waals surface area contributed by atoms with Gasteiger partial charge in [0.15, 0.2) is 6.61 Å². The zero-order valence-electron chi connectivity index (χ0n) is 12.9. The highest BCUT2D eigenvalue weighted by atomic mass is 19.4. The number of carbonyl (C=O) groups excluding carboxylic acids is 2. The molecule has 0 bridgehead atoms. The van der Waals surface area contributed by atoms with Gasteiger partial charge in [0.25, 0.3) is 5.91 Å². The van der Waals surface area contributed by atoms with Crippen LogP contribution in [0.25, 0.3) is 0 Å². The van der Waals surface area contributed by atoms with Gasteiger partial charge < -0.3 is 14.5 Å². The zero-order chi connectivity index (χ0) is 18.0. The van der Waals surface area contributed by atoms with Gasteiger partial charge in [-0.2, -0.15) is 13.2 Å². The topological polar surface area (TPSA) is 68.5 Å². The molecule has 0 saturated heterocycles. The summed E-state index contributed by atoms with van der Waals surface area (Å²) in [6, 6.07) is 7.50. The van der Waals surface area contributed by atoms with E-state index in [-0.39, 0.29) is 17.5 Å². The summed E-state index contributed by atoms with van der Waals surface area (Å²) in [5, 5.41) is 2.37.